The summed E-state index contributed by atoms with van der Waals surface area (Å²) in [6.45, 7) is 0. The molecule has 7 heteroatoms. The van der Waals surface area contributed by atoms with Gasteiger partial charge in [0.2, 0.25) is 11.0 Å². The molecule has 120 valence electrons. The molecule has 5 nitrogen and oxygen atoms in total. The Balaban J connectivity index is 2.77. The van der Waals surface area contributed by atoms with Gasteiger partial charge in [0.15, 0.2) is 17.3 Å². The summed E-state index contributed by atoms with van der Waals surface area (Å²) in [5.74, 6) is -0.119. The van der Waals surface area contributed by atoms with Crippen LogP contribution in [0.4, 0.5) is 0 Å². The Kier molecular flexibility index (Phi) is 7.55. The zero-order valence-corrected chi connectivity index (χ0v) is 14.6. The van der Waals surface area contributed by atoms with E-state index >= 15 is 0 Å². The van der Waals surface area contributed by atoms with E-state index in [-0.39, 0.29) is 19.3 Å². The SMILES string of the molecule is COc1ccc(C(Br)C(=O)C(=O)CCCC(=O)Cl)cc1OC. The van der Waals surface area contributed by atoms with Crippen LogP contribution in [0, 0.1) is 0 Å². The number of ketones is 2. The Morgan fingerprint density at radius 2 is 1.77 bits per heavy atom. The average molecular weight is 392 g/mol. The smallest absolute Gasteiger partial charge is 0.221 e. The summed E-state index contributed by atoms with van der Waals surface area (Å²) in [4.78, 5) is 33.8. The number of methoxy groups -OCH3 is 2. The molecule has 0 saturated heterocycles. The molecule has 0 saturated carbocycles. The molecule has 0 bridgehead atoms. The number of halogens is 2. The number of carbonyl (C=O) groups excluding carboxylic acids is 3. The maximum Gasteiger partial charge on any atom is 0.221 e. The summed E-state index contributed by atoms with van der Waals surface area (Å²) < 4.78 is 10.3. The fraction of sp³-hybridized carbons (Fsp3) is 0.400. The largest absolute Gasteiger partial charge is 0.493 e. The first-order chi connectivity index (χ1) is 10.4. The summed E-state index contributed by atoms with van der Waals surface area (Å²) >= 11 is 8.41. The Morgan fingerprint density at radius 1 is 1.14 bits per heavy atom. The second kappa shape index (κ2) is 8.90. The topological polar surface area (TPSA) is 69.7 Å². The zero-order valence-electron chi connectivity index (χ0n) is 12.2. The van der Waals surface area contributed by atoms with Crippen LogP contribution in [-0.2, 0) is 14.4 Å². The van der Waals surface area contributed by atoms with Crippen molar-refractivity contribution in [2.24, 2.45) is 0 Å². The lowest BCUT2D eigenvalue weighted by atomic mass is 10.0. The highest BCUT2D eigenvalue weighted by Gasteiger charge is 2.25. The molecule has 0 fully saturated rings. The Hall–Kier alpha value is -1.40. The second-order valence-corrected chi connectivity index (χ2v) is 5.81. The molecule has 0 aliphatic heterocycles. The molecule has 0 heterocycles. The number of rotatable bonds is 9. The van der Waals surface area contributed by atoms with E-state index in [9.17, 15) is 14.4 Å². The molecular weight excluding hydrogens is 376 g/mol. The third-order valence-corrected chi connectivity index (χ3v) is 4.12. The van der Waals surface area contributed by atoms with E-state index in [2.05, 4.69) is 15.9 Å². The van der Waals surface area contributed by atoms with E-state index in [0.717, 1.165) is 0 Å². The van der Waals surface area contributed by atoms with Crippen molar-refractivity contribution in [2.45, 2.75) is 24.1 Å². The molecule has 1 atom stereocenters. The van der Waals surface area contributed by atoms with Crippen LogP contribution >= 0.6 is 27.5 Å². The molecule has 1 rings (SSSR count). The third-order valence-electron chi connectivity index (χ3n) is 2.98. The van der Waals surface area contributed by atoms with Gasteiger partial charge in [0.05, 0.1) is 14.2 Å². The van der Waals surface area contributed by atoms with Gasteiger partial charge in [0, 0.05) is 12.8 Å². The number of carbonyl (C=O) groups is 3. The zero-order chi connectivity index (χ0) is 16.7. The van der Waals surface area contributed by atoms with Crippen molar-refractivity contribution < 1.29 is 23.9 Å². The Morgan fingerprint density at radius 3 is 2.32 bits per heavy atom. The van der Waals surface area contributed by atoms with Crippen LogP contribution < -0.4 is 9.47 Å². The minimum absolute atomic E-state index is 0.00726. The molecule has 0 spiro atoms. The fourth-order valence-corrected chi connectivity index (χ4v) is 2.49. The molecule has 0 radical (unpaired) electrons. The van der Waals surface area contributed by atoms with Gasteiger partial charge in [-0.2, -0.15) is 0 Å². The van der Waals surface area contributed by atoms with Gasteiger partial charge >= 0.3 is 0 Å². The van der Waals surface area contributed by atoms with Gasteiger partial charge in [-0.1, -0.05) is 22.0 Å². The maximum atomic E-state index is 12.1. The lowest BCUT2D eigenvalue weighted by Crippen LogP contribution is -2.18. The molecule has 22 heavy (non-hydrogen) atoms. The van der Waals surface area contributed by atoms with Crippen LogP contribution in [0.25, 0.3) is 0 Å². The highest BCUT2D eigenvalue weighted by Crippen LogP contribution is 2.33. The maximum absolute atomic E-state index is 12.1. The van der Waals surface area contributed by atoms with E-state index in [1.54, 1.807) is 18.2 Å². The standard InChI is InChI=1S/C15H16BrClO5/c1-21-11-7-6-9(8-12(11)22-2)14(16)15(20)10(18)4-3-5-13(17)19/h6-8,14H,3-5H2,1-2H3. The Labute approximate surface area is 142 Å². The molecule has 1 aromatic carbocycles. The van der Waals surface area contributed by atoms with E-state index in [4.69, 9.17) is 21.1 Å². The molecule has 1 unspecified atom stereocenters. The minimum Gasteiger partial charge on any atom is -0.493 e. The number of alkyl halides is 1. The third kappa shape index (κ3) is 5.10. The number of ether oxygens (including phenoxy) is 2. The van der Waals surface area contributed by atoms with Gasteiger partial charge in [-0.25, -0.2) is 0 Å². The van der Waals surface area contributed by atoms with Crippen LogP contribution in [0.1, 0.15) is 29.7 Å². The number of benzene rings is 1. The van der Waals surface area contributed by atoms with Gasteiger partial charge in [0.25, 0.3) is 0 Å². The van der Waals surface area contributed by atoms with Gasteiger partial charge in [0.1, 0.15) is 4.83 Å². The van der Waals surface area contributed by atoms with Crippen molar-refractivity contribution in [3.63, 3.8) is 0 Å². The van der Waals surface area contributed by atoms with Crippen molar-refractivity contribution in [3.05, 3.63) is 23.8 Å². The fourth-order valence-electron chi connectivity index (χ4n) is 1.81. The lowest BCUT2D eigenvalue weighted by molar-refractivity contribution is -0.136. The number of hydrogen-bond acceptors (Lipinski definition) is 5. The number of Topliss-reactive ketones (excluding diaryl/α,β-unsaturated/α-hetero) is 2. The first-order valence-corrected chi connectivity index (χ1v) is 7.81. The van der Waals surface area contributed by atoms with E-state index < -0.39 is 21.6 Å². The van der Waals surface area contributed by atoms with Gasteiger partial charge < -0.3 is 9.47 Å². The van der Waals surface area contributed by atoms with Crippen LogP contribution in [-0.4, -0.2) is 31.0 Å². The van der Waals surface area contributed by atoms with Crippen molar-refractivity contribution in [1.82, 2.24) is 0 Å². The molecule has 0 aliphatic rings. The van der Waals surface area contributed by atoms with Crippen molar-refractivity contribution >= 4 is 44.3 Å². The van der Waals surface area contributed by atoms with Gasteiger partial charge in [-0.15, -0.1) is 0 Å². The van der Waals surface area contributed by atoms with Gasteiger partial charge in [-0.3, -0.25) is 14.4 Å². The van der Waals surface area contributed by atoms with Crippen LogP contribution in [0.3, 0.4) is 0 Å². The molecule has 0 amide bonds. The monoisotopic (exact) mass is 390 g/mol. The molecule has 0 aromatic heterocycles. The second-order valence-electron chi connectivity index (χ2n) is 4.47. The predicted octanol–water partition coefficient (Wildman–Crippen LogP) is 3.21. The quantitative estimate of drug-likeness (QED) is 0.367. The summed E-state index contributed by atoms with van der Waals surface area (Å²) in [6.07, 6.45) is 0.329. The van der Waals surface area contributed by atoms with Crippen LogP contribution in [0.5, 0.6) is 11.5 Å². The van der Waals surface area contributed by atoms with E-state index in [0.29, 0.717) is 17.1 Å². The highest BCUT2D eigenvalue weighted by molar-refractivity contribution is 9.09. The molecular formula is C15H16BrClO5. The summed E-state index contributed by atoms with van der Waals surface area (Å²) in [7, 11) is 3.00. The molecule has 0 N–H and O–H groups in total. The van der Waals surface area contributed by atoms with Crippen LogP contribution in [0.2, 0.25) is 0 Å². The minimum atomic E-state index is -0.772. The lowest BCUT2D eigenvalue weighted by Gasteiger charge is -2.12. The molecule has 0 aliphatic carbocycles. The normalized spacial score (nSPS) is 11.6. The van der Waals surface area contributed by atoms with Crippen molar-refractivity contribution in [2.75, 3.05) is 14.2 Å². The Bertz CT molecular complexity index is 573. The number of hydrogen-bond donors (Lipinski definition) is 0. The average Bonchev–Trinajstić information content (AvgIpc) is 2.52. The first-order valence-electron chi connectivity index (χ1n) is 6.52. The predicted molar refractivity (Wildman–Crippen MR) is 85.9 cm³/mol. The molecule has 1 aromatic rings. The van der Waals surface area contributed by atoms with E-state index in [1.807, 2.05) is 0 Å². The first kappa shape index (κ1) is 18.6. The summed E-state index contributed by atoms with van der Waals surface area (Å²) in [5, 5.41) is -0.518. The summed E-state index contributed by atoms with van der Waals surface area (Å²) in [5.41, 5.74) is 0.587. The summed E-state index contributed by atoms with van der Waals surface area (Å²) in [6, 6.07) is 4.96. The van der Waals surface area contributed by atoms with Crippen LogP contribution in [0.15, 0.2) is 18.2 Å². The highest BCUT2D eigenvalue weighted by atomic mass is 79.9. The van der Waals surface area contributed by atoms with Crippen molar-refractivity contribution in [3.8, 4) is 11.5 Å². The van der Waals surface area contributed by atoms with E-state index in [1.165, 1.54) is 14.2 Å². The van der Waals surface area contributed by atoms with Gasteiger partial charge in [-0.05, 0) is 35.7 Å². The van der Waals surface area contributed by atoms with Crippen molar-refractivity contribution in [1.29, 1.82) is 0 Å².